The highest BCUT2D eigenvalue weighted by molar-refractivity contribution is 5.82. The molecule has 3 N–H and O–H groups in total. The number of benzene rings is 1. The van der Waals surface area contributed by atoms with Gasteiger partial charge >= 0.3 is 0 Å². The summed E-state index contributed by atoms with van der Waals surface area (Å²) in [6.45, 7) is 3.38. The third kappa shape index (κ3) is 3.57. The Bertz CT molecular complexity index is 419. The lowest BCUT2D eigenvalue weighted by Crippen LogP contribution is -2.36. The number of hydrogen-bond acceptors (Lipinski definition) is 2. The molecule has 104 valence electrons. The molecule has 1 aliphatic carbocycles. The molecule has 0 radical (unpaired) electrons. The lowest BCUT2D eigenvalue weighted by molar-refractivity contribution is -0.130. The molecule has 1 aromatic carbocycles. The van der Waals surface area contributed by atoms with E-state index in [9.17, 15) is 4.79 Å². The van der Waals surface area contributed by atoms with Gasteiger partial charge in [0.05, 0.1) is 0 Å². The molecule has 1 aliphatic rings. The minimum atomic E-state index is -0.139. The zero-order chi connectivity index (χ0) is 13.7. The van der Waals surface area contributed by atoms with E-state index in [1.165, 1.54) is 18.4 Å². The maximum absolute atomic E-state index is 12.2. The fourth-order valence-corrected chi connectivity index (χ4v) is 2.77. The molecule has 1 aromatic rings. The van der Waals surface area contributed by atoms with Crippen LogP contribution in [0.2, 0.25) is 0 Å². The van der Waals surface area contributed by atoms with Crippen molar-refractivity contribution in [3.63, 3.8) is 0 Å². The summed E-state index contributed by atoms with van der Waals surface area (Å²) in [5, 5.41) is 3.07. The molecule has 3 nitrogen and oxygen atoms in total. The molecular formula is C16H24N2O. The van der Waals surface area contributed by atoms with Gasteiger partial charge in [0, 0.05) is 12.0 Å². The van der Waals surface area contributed by atoms with Crippen molar-refractivity contribution in [2.24, 2.45) is 11.1 Å². The van der Waals surface area contributed by atoms with Crippen LogP contribution in [-0.4, -0.2) is 12.5 Å². The first-order valence-corrected chi connectivity index (χ1v) is 7.20. The Morgan fingerprint density at radius 1 is 1.21 bits per heavy atom. The molecule has 0 atom stereocenters. The summed E-state index contributed by atoms with van der Waals surface area (Å²) >= 11 is 0. The van der Waals surface area contributed by atoms with E-state index in [4.69, 9.17) is 5.73 Å². The fraction of sp³-hybridized carbons (Fsp3) is 0.562. The normalized spacial score (nSPS) is 17.4. The van der Waals surface area contributed by atoms with Crippen LogP contribution in [0.1, 0.15) is 43.7 Å². The van der Waals surface area contributed by atoms with E-state index in [1.54, 1.807) is 0 Å². The van der Waals surface area contributed by atoms with Crippen LogP contribution in [0.3, 0.4) is 0 Å². The first kappa shape index (κ1) is 14.1. The van der Waals surface area contributed by atoms with Crippen LogP contribution in [0, 0.1) is 5.41 Å². The van der Waals surface area contributed by atoms with Crippen molar-refractivity contribution in [3.05, 3.63) is 35.4 Å². The highest BCUT2D eigenvalue weighted by Crippen LogP contribution is 2.37. The summed E-state index contributed by atoms with van der Waals surface area (Å²) in [4.78, 5) is 12.2. The lowest BCUT2D eigenvalue weighted by atomic mass is 9.88. The van der Waals surface area contributed by atoms with Crippen molar-refractivity contribution in [2.75, 3.05) is 6.54 Å². The second kappa shape index (κ2) is 6.20. The van der Waals surface area contributed by atoms with Gasteiger partial charge in [0.15, 0.2) is 0 Å². The Morgan fingerprint density at radius 2 is 1.79 bits per heavy atom. The predicted molar refractivity (Wildman–Crippen MR) is 77.6 cm³/mol. The van der Waals surface area contributed by atoms with Gasteiger partial charge in [-0.25, -0.2) is 0 Å². The van der Waals surface area contributed by atoms with Crippen molar-refractivity contribution >= 4 is 5.91 Å². The summed E-state index contributed by atoms with van der Waals surface area (Å²) < 4.78 is 0. The monoisotopic (exact) mass is 260 g/mol. The fourth-order valence-electron chi connectivity index (χ4n) is 2.77. The van der Waals surface area contributed by atoms with E-state index in [1.807, 2.05) is 0 Å². The summed E-state index contributed by atoms with van der Waals surface area (Å²) in [7, 11) is 0. The van der Waals surface area contributed by atoms with Crippen LogP contribution in [0.15, 0.2) is 24.3 Å². The number of nitrogens with one attached hydrogen (secondary N) is 1. The molecule has 0 aliphatic heterocycles. The zero-order valence-electron chi connectivity index (χ0n) is 11.7. The summed E-state index contributed by atoms with van der Waals surface area (Å²) in [5.41, 5.74) is 7.78. The summed E-state index contributed by atoms with van der Waals surface area (Å²) in [5.74, 6) is 0.205. The number of carbonyl (C=O) groups is 1. The van der Waals surface area contributed by atoms with Crippen LogP contribution in [0.5, 0.6) is 0 Å². The van der Waals surface area contributed by atoms with E-state index < -0.39 is 0 Å². The largest absolute Gasteiger partial charge is 0.352 e. The quantitative estimate of drug-likeness (QED) is 0.854. The molecule has 2 rings (SSSR count). The number of rotatable bonds is 5. The van der Waals surface area contributed by atoms with Crippen molar-refractivity contribution in [1.82, 2.24) is 5.32 Å². The third-order valence-corrected chi connectivity index (χ3v) is 4.16. The van der Waals surface area contributed by atoms with E-state index in [2.05, 4.69) is 36.5 Å². The lowest BCUT2D eigenvalue weighted by Gasteiger charge is -2.22. The average Bonchev–Trinajstić information content (AvgIpc) is 2.86. The van der Waals surface area contributed by atoms with Crippen molar-refractivity contribution in [2.45, 2.75) is 45.6 Å². The molecule has 0 unspecified atom stereocenters. The minimum Gasteiger partial charge on any atom is -0.352 e. The molecule has 0 saturated heterocycles. The maximum atomic E-state index is 12.2. The van der Waals surface area contributed by atoms with Crippen molar-refractivity contribution < 1.29 is 4.79 Å². The molecule has 1 saturated carbocycles. The predicted octanol–water partition coefficient (Wildman–Crippen LogP) is 2.38. The van der Waals surface area contributed by atoms with Crippen molar-refractivity contribution in [1.29, 1.82) is 0 Å². The highest BCUT2D eigenvalue weighted by Gasteiger charge is 2.35. The molecule has 3 heteroatoms. The van der Waals surface area contributed by atoms with Gasteiger partial charge in [-0.2, -0.15) is 0 Å². The summed E-state index contributed by atoms with van der Waals surface area (Å²) in [6.07, 6.45) is 5.31. The molecule has 1 amide bonds. The first-order valence-electron chi connectivity index (χ1n) is 7.20. The number of carbonyl (C=O) groups excluding carboxylic acids is 1. The number of nitrogens with two attached hydrogens (primary N) is 1. The Morgan fingerprint density at radius 3 is 2.37 bits per heavy atom. The minimum absolute atomic E-state index is 0.139. The zero-order valence-corrected chi connectivity index (χ0v) is 11.7. The van der Waals surface area contributed by atoms with Gasteiger partial charge in [-0.15, -0.1) is 0 Å². The van der Waals surface area contributed by atoms with Gasteiger partial charge in [-0.3, -0.25) is 4.79 Å². The van der Waals surface area contributed by atoms with E-state index >= 15 is 0 Å². The standard InChI is InChI=1S/C16H24N2O/c1-16(9-2-3-10-16)15(19)18-12-14-6-4-13(5-7-14)8-11-17/h4-7H,2-3,8-12,17H2,1H3,(H,18,19). The van der Waals surface area contributed by atoms with Crippen LogP contribution in [0.4, 0.5) is 0 Å². The molecule has 0 aromatic heterocycles. The Kier molecular flexibility index (Phi) is 4.59. The van der Waals surface area contributed by atoms with Gasteiger partial charge in [0.25, 0.3) is 0 Å². The van der Waals surface area contributed by atoms with Gasteiger partial charge in [0.2, 0.25) is 5.91 Å². The number of amides is 1. The van der Waals surface area contributed by atoms with Crippen LogP contribution < -0.4 is 11.1 Å². The van der Waals surface area contributed by atoms with Gasteiger partial charge in [0.1, 0.15) is 0 Å². The molecule has 0 heterocycles. The van der Waals surface area contributed by atoms with Crippen LogP contribution >= 0.6 is 0 Å². The van der Waals surface area contributed by atoms with E-state index in [0.717, 1.165) is 24.8 Å². The Hall–Kier alpha value is -1.35. The summed E-state index contributed by atoms with van der Waals surface area (Å²) in [6, 6.07) is 8.32. The van der Waals surface area contributed by atoms with Crippen LogP contribution in [0.25, 0.3) is 0 Å². The average molecular weight is 260 g/mol. The second-order valence-corrected chi connectivity index (χ2v) is 5.81. The van der Waals surface area contributed by atoms with Gasteiger partial charge in [-0.1, -0.05) is 44.0 Å². The Labute approximate surface area is 115 Å². The highest BCUT2D eigenvalue weighted by atomic mass is 16.2. The smallest absolute Gasteiger partial charge is 0.226 e. The SMILES string of the molecule is CC1(C(=O)NCc2ccc(CCN)cc2)CCCC1. The molecule has 19 heavy (non-hydrogen) atoms. The topological polar surface area (TPSA) is 55.1 Å². The molecular weight excluding hydrogens is 236 g/mol. The Balaban J connectivity index is 1.86. The second-order valence-electron chi connectivity index (χ2n) is 5.81. The van der Waals surface area contributed by atoms with E-state index in [-0.39, 0.29) is 11.3 Å². The van der Waals surface area contributed by atoms with E-state index in [0.29, 0.717) is 13.1 Å². The van der Waals surface area contributed by atoms with Crippen LogP contribution in [-0.2, 0) is 17.8 Å². The molecule has 0 bridgehead atoms. The molecule has 0 spiro atoms. The van der Waals surface area contributed by atoms with Gasteiger partial charge in [-0.05, 0) is 36.9 Å². The molecule has 1 fully saturated rings. The van der Waals surface area contributed by atoms with Gasteiger partial charge < -0.3 is 11.1 Å². The van der Waals surface area contributed by atoms with Crippen molar-refractivity contribution in [3.8, 4) is 0 Å². The number of hydrogen-bond donors (Lipinski definition) is 2. The maximum Gasteiger partial charge on any atom is 0.226 e. The third-order valence-electron chi connectivity index (χ3n) is 4.16. The first-order chi connectivity index (χ1) is 9.14.